The molecule has 4 rings (SSSR count). The van der Waals surface area contributed by atoms with E-state index >= 15 is 0 Å². The van der Waals surface area contributed by atoms with Crippen molar-refractivity contribution in [2.24, 2.45) is 28.6 Å². The lowest BCUT2D eigenvalue weighted by Gasteiger charge is -2.41. The Bertz CT molecular complexity index is 558. The third kappa shape index (κ3) is 2.06. The van der Waals surface area contributed by atoms with Gasteiger partial charge < -0.3 is 5.11 Å². The molecule has 1 N–H and O–H groups in total. The maximum absolute atomic E-state index is 13.3. The molecule has 0 unspecified atom stereocenters. The van der Waals surface area contributed by atoms with E-state index in [9.17, 15) is 9.90 Å². The molecule has 5 atom stereocenters. The van der Waals surface area contributed by atoms with Gasteiger partial charge in [0.1, 0.15) is 5.78 Å². The molecule has 2 nitrogen and oxygen atoms in total. The lowest BCUT2D eigenvalue weighted by molar-refractivity contribution is -0.137. The maximum atomic E-state index is 13.3. The number of hydrogen-bond donors (Lipinski definition) is 1. The molecule has 0 saturated heterocycles. The number of Topliss-reactive ketones (excluding diaryl/α,β-unsaturated/α-hetero) is 1. The summed E-state index contributed by atoms with van der Waals surface area (Å²) >= 11 is 0. The molecular formula is C20H30O2. The molecular weight excluding hydrogens is 272 g/mol. The van der Waals surface area contributed by atoms with E-state index in [1.54, 1.807) is 0 Å². The van der Waals surface area contributed by atoms with E-state index < -0.39 is 11.0 Å². The van der Waals surface area contributed by atoms with E-state index in [4.69, 9.17) is 0 Å². The maximum Gasteiger partial charge on any atom is 0.149 e. The van der Waals surface area contributed by atoms with E-state index in [0.717, 1.165) is 25.7 Å². The SMILES string of the molecule is CC1=C[C@]2(C)C=C[C@@H]1C(=O)[C@@]1(C)CC[C@@](O)(C(C)C)[C@H]1CC2. The fraction of sp³-hybridized carbons (Fsp3) is 0.750. The van der Waals surface area contributed by atoms with E-state index in [1.165, 1.54) is 5.57 Å². The zero-order valence-electron chi connectivity index (χ0n) is 14.6. The van der Waals surface area contributed by atoms with Gasteiger partial charge in [0.2, 0.25) is 0 Å². The highest BCUT2D eigenvalue weighted by atomic mass is 16.3. The minimum absolute atomic E-state index is 0.0343. The second-order valence-electron chi connectivity index (χ2n) is 8.75. The van der Waals surface area contributed by atoms with Crippen LogP contribution in [0, 0.1) is 28.6 Å². The van der Waals surface area contributed by atoms with Crippen LogP contribution in [0.2, 0.25) is 0 Å². The Morgan fingerprint density at radius 2 is 1.91 bits per heavy atom. The molecule has 122 valence electrons. The van der Waals surface area contributed by atoms with Gasteiger partial charge in [0.25, 0.3) is 0 Å². The van der Waals surface area contributed by atoms with Crippen LogP contribution in [0.3, 0.4) is 0 Å². The van der Waals surface area contributed by atoms with Gasteiger partial charge >= 0.3 is 0 Å². The molecule has 1 fully saturated rings. The third-order valence-corrected chi connectivity index (χ3v) is 6.95. The van der Waals surface area contributed by atoms with Crippen LogP contribution >= 0.6 is 0 Å². The van der Waals surface area contributed by atoms with Gasteiger partial charge in [-0.1, -0.05) is 51.5 Å². The molecule has 2 bridgehead atoms. The highest BCUT2D eigenvalue weighted by molar-refractivity contribution is 5.91. The Kier molecular flexibility index (Phi) is 3.49. The number of aliphatic hydroxyl groups is 1. The first-order chi connectivity index (χ1) is 10.1. The summed E-state index contributed by atoms with van der Waals surface area (Å²) in [5.74, 6) is 0.505. The first-order valence-corrected chi connectivity index (χ1v) is 8.78. The molecule has 4 aliphatic carbocycles. The molecule has 22 heavy (non-hydrogen) atoms. The van der Waals surface area contributed by atoms with Crippen LogP contribution in [-0.2, 0) is 4.79 Å². The van der Waals surface area contributed by atoms with Gasteiger partial charge in [-0.15, -0.1) is 0 Å². The van der Waals surface area contributed by atoms with Crippen LogP contribution in [0.15, 0.2) is 23.8 Å². The second-order valence-corrected chi connectivity index (χ2v) is 8.75. The summed E-state index contributed by atoms with van der Waals surface area (Å²) in [6.45, 7) is 10.7. The Morgan fingerprint density at radius 1 is 1.23 bits per heavy atom. The van der Waals surface area contributed by atoms with E-state index in [2.05, 4.69) is 52.8 Å². The molecule has 0 heterocycles. The van der Waals surface area contributed by atoms with Crippen molar-refractivity contribution in [1.82, 2.24) is 0 Å². The predicted octanol–water partition coefficient (Wildman–Crippen LogP) is 4.29. The van der Waals surface area contributed by atoms with Crippen molar-refractivity contribution in [3.8, 4) is 0 Å². The first-order valence-electron chi connectivity index (χ1n) is 8.78. The van der Waals surface area contributed by atoms with Crippen molar-refractivity contribution >= 4 is 5.78 Å². The molecule has 0 amide bonds. The van der Waals surface area contributed by atoms with Crippen LogP contribution in [0.5, 0.6) is 0 Å². The Labute approximate surface area is 134 Å². The number of rotatable bonds is 1. The molecule has 4 aliphatic rings. The summed E-state index contributed by atoms with van der Waals surface area (Å²) in [5, 5.41) is 11.3. The monoisotopic (exact) mass is 302 g/mol. The number of hydrogen-bond acceptors (Lipinski definition) is 2. The second kappa shape index (κ2) is 4.80. The minimum Gasteiger partial charge on any atom is -0.389 e. The van der Waals surface area contributed by atoms with Gasteiger partial charge in [0.05, 0.1) is 11.5 Å². The first kappa shape index (κ1) is 16.0. The van der Waals surface area contributed by atoms with Gasteiger partial charge in [0, 0.05) is 16.7 Å². The highest BCUT2D eigenvalue weighted by Crippen LogP contribution is 2.58. The summed E-state index contributed by atoms with van der Waals surface area (Å²) in [5.41, 5.74) is 0.140. The zero-order chi connectivity index (χ0) is 16.3. The van der Waals surface area contributed by atoms with Crippen LogP contribution in [0.1, 0.15) is 60.3 Å². The zero-order valence-corrected chi connectivity index (χ0v) is 14.6. The normalized spacial score (nSPS) is 48.0. The molecule has 0 radical (unpaired) electrons. The molecule has 0 aromatic rings. The van der Waals surface area contributed by atoms with Crippen molar-refractivity contribution in [3.63, 3.8) is 0 Å². The molecule has 0 spiro atoms. The van der Waals surface area contributed by atoms with E-state index in [-0.39, 0.29) is 23.2 Å². The van der Waals surface area contributed by atoms with Crippen LogP contribution < -0.4 is 0 Å². The molecule has 0 aliphatic heterocycles. The van der Waals surface area contributed by atoms with Gasteiger partial charge in [0.15, 0.2) is 0 Å². The number of allylic oxidation sites excluding steroid dienone is 4. The van der Waals surface area contributed by atoms with Crippen molar-refractivity contribution < 1.29 is 9.90 Å². The van der Waals surface area contributed by atoms with E-state index in [1.807, 2.05) is 0 Å². The van der Waals surface area contributed by atoms with Crippen LogP contribution in [0.4, 0.5) is 0 Å². The summed E-state index contributed by atoms with van der Waals surface area (Å²) in [6.07, 6.45) is 10.1. The average molecular weight is 302 g/mol. The number of ketones is 1. The molecule has 0 aromatic carbocycles. The quantitative estimate of drug-likeness (QED) is 0.734. The summed E-state index contributed by atoms with van der Waals surface area (Å²) < 4.78 is 0. The number of fused-ring (bicyclic) bond motifs is 1. The minimum atomic E-state index is -0.696. The average Bonchev–Trinajstić information content (AvgIpc) is 2.72. The van der Waals surface area contributed by atoms with Crippen LogP contribution in [0.25, 0.3) is 0 Å². The summed E-state index contributed by atoms with van der Waals surface area (Å²) in [7, 11) is 0. The number of carbonyl (C=O) groups is 1. The Hall–Kier alpha value is -0.890. The summed E-state index contributed by atoms with van der Waals surface area (Å²) in [6, 6.07) is 0. The standard InChI is InChI=1S/C20H30O2/c1-13(2)20(22)11-10-19(5)16(20)7-9-18(4)8-6-15(17(19)21)14(3)12-18/h6,8,12-13,15-16,22H,7,9-11H2,1-5H3/t15-,16-,18+,19-,20+/m0/s1. The van der Waals surface area contributed by atoms with E-state index in [0.29, 0.717) is 5.78 Å². The van der Waals surface area contributed by atoms with Crippen molar-refractivity contribution in [3.05, 3.63) is 23.8 Å². The smallest absolute Gasteiger partial charge is 0.149 e. The van der Waals surface area contributed by atoms with Crippen LogP contribution in [-0.4, -0.2) is 16.5 Å². The van der Waals surface area contributed by atoms with Gasteiger partial charge in [-0.25, -0.2) is 0 Å². The molecule has 1 saturated carbocycles. The summed E-state index contributed by atoms with van der Waals surface area (Å²) in [4.78, 5) is 13.3. The highest BCUT2D eigenvalue weighted by Gasteiger charge is 2.59. The van der Waals surface area contributed by atoms with Gasteiger partial charge in [-0.3, -0.25) is 4.79 Å². The van der Waals surface area contributed by atoms with Gasteiger partial charge in [-0.05, 0) is 38.5 Å². The fourth-order valence-corrected chi connectivity index (χ4v) is 5.30. The lowest BCUT2D eigenvalue weighted by atomic mass is 9.65. The fourth-order valence-electron chi connectivity index (χ4n) is 5.30. The number of carbonyl (C=O) groups excluding carboxylic acids is 1. The largest absolute Gasteiger partial charge is 0.389 e. The van der Waals surface area contributed by atoms with Crippen molar-refractivity contribution in [2.45, 2.75) is 65.9 Å². The third-order valence-electron chi connectivity index (χ3n) is 6.95. The molecule has 0 aromatic heterocycles. The van der Waals surface area contributed by atoms with Crippen molar-refractivity contribution in [1.29, 1.82) is 0 Å². The van der Waals surface area contributed by atoms with Crippen molar-refractivity contribution in [2.75, 3.05) is 0 Å². The Morgan fingerprint density at radius 3 is 2.50 bits per heavy atom. The Balaban J connectivity index is 2.08. The lowest BCUT2D eigenvalue weighted by Crippen LogP contribution is -2.47. The molecule has 2 heteroatoms. The van der Waals surface area contributed by atoms with Gasteiger partial charge in [-0.2, -0.15) is 0 Å². The topological polar surface area (TPSA) is 37.3 Å². The predicted molar refractivity (Wildman–Crippen MR) is 89.4 cm³/mol.